The topological polar surface area (TPSA) is 105 Å². The molecule has 1 amide bonds. The van der Waals surface area contributed by atoms with Crippen LogP contribution in [0.1, 0.15) is 72.5 Å². The molecule has 1 aliphatic rings. The molecule has 2 rings (SSSR count). The summed E-state index contributed by atoms with van der Waals surface area (Å²) < 4.78 is 7.60. The minimum atomic E-state index is -0.528. The van der Waals surface area contributed by atoms with Crippen LogP contribution < -0.4 is 16.0 Å². The van der Waals surface area contributed by atoms with Crippen LogP contribution in [-0.2, 0) is 24.2 Å². The highest BCUT2D eigenvalue weighted by Crippen LogP contribution is 2.17. The number of aromatic nitrogens is 3. The number of halogens is 1. The zero-order chi connectivity index (χ0) is 21.5. The smallest absolute Gasteiger partial charge is 0.408 e. The normalized spacial score (nSPS) is 14.0. The average molecular weight is 535 g/mol. The van der Waals surface area contributed by atoms with E-state index in [2.05, 4.69) is 49.6 Å². The molecule has 1 aliphatic heterocycles. The fourth-order valence-electron chi connectivity index (χ4n) is 3.31. The minimum Gasteiger partial charge on any atom is -0.444 e. The summed E-state index contributed by atoms with van der Waals surface area (Å²) in [6, 6.07) is 0. The quantitative estimate of drug-likeness (QED) is 0.269. The van der Waals surface area contributed by atoms with Crippen LogP contribution in [0.2, 0.25) is 0 Å². The molecule has 0 atom stereocenters. The maximum Gasteiger partial charge on any atom is 0.408 e. The Morgan fingerprint density at radius 2 is 1.87 bits per heavy atom. The molecule has 0 unspecified atom stereocenters. The molecule has 0 saturated carbocycles. The summed E-state index contributed by atoms with van der Waals surface area (Å²) in [5.41, 5.74) is -0.950. The summed E-state index contributed by atoms with van der Waals surface area (Å²) in [5.74, 6) is 2.63. The van der Waals surface area contributed by atoms with E-state index in [4.69, 9.17) is 4.74 Å². The Kier molecular flexibility index (Phi) is 10.3. The number of guanidine groups is 1. The summed E-state index contributed by atoms with van der Waals surface area (Å²) in [6.45, 7) is 14.5. The van der Waals surface area contributed by atoms with Gasteiger partial charge >= 0.3 is 6.09 Å². The van der Waals surface area contributed by atoms with Crippen molar-refractivity contribution in [3.8, 4) is 0 Å². The molecule has 3 N–H and O–H groups in total. The van der Waals surface area contributed by atoms with E-state index in [-0.39, 0.29) is 24.0 Å². The molecule has 30 heavy (non-hydrogen) atoms. The van der Waals surface area contributed by atoms with Crippen molar-refractivity contribution in [3.05, 3.63) is 11.6 Å². The first-order valence-electron chi connectivity index (χ1n) is 10.7. The molecule has 172 valence electrons. The standard InChI is InChI=1S/C20H37N7O2.HI/c1-7-20(8-2,24-18(28)29-19(4,5)6)14-23-17(21-9-3)22-13-16-26-25-15-11-10-12-27(15)16;/h7-14H2,1-6H3,(H,24,28)(H2,21,22,23);1H. The molecular formula is C20H38IN7O2. The van der Waals surface area contributed by atoms with Crippen LogP contribution in [-0.4, -0.2) is 51.0 Å². The van der Waals surface area contributed by atoms with Crippen LogP contribution in [0.15, 0.2) is 4.99 Å². The van der Waals surface area contributed by atoms with Crippen molar-refractivity contribution in [3.63, 3.8) is 0 Å². The van der Waals surface area contributed by atoms with Crippen LogP contribution in [0.3, 0.4) is 0 Å². The number of nitrogens with one attached hydrogen (secondary N) is 3. The average Bonchev–Trinajstić information content (AvgIpc) is 3.25. The van der Waals surface area contributed by atoms with Crippen molar-refractivity contribution in [2.24, 2.45) is 4.99 Å². The molecule has 0 radical (unpaired) electrons. The van der Waals surface area contributed by atoms with Gasteiger partial charge in [0, 0.05) is 26.1 Å². The third kappa shape index (κ3) is 7.59. The monoisotopic (exact) mass is 535 g/mol. The molecule has 2 heterocycles. The lowest BCUT2D eigenvalue weighted by molar-refractivity contribution is 0.0448. The molecule has 0 aliphatic carbocycles. The Bertz CT molecular complexity index is 708. The number of amides is 1. The molecule has 0 spiro atoms. The highest BCUT2D eigenvalue weighted by molar-refractivity contribution is 14.0. The predicted molar refractivity (Wildman–Crippen MR) is 129 cm³/mol. The van der Waals surface area contributed by atoms with Crippen LogP contribution in [0.5, 0.6) is 0 Å². The molecule has 9 nitrogen and oxygen atoms in total. The van der Waals surface area contributed by atoms with E-state index in [1.165, 1.54) is 0 Å². The Labute approximate surface area is 197 Å². The number of fused-ring (bicyclic) bond motifs is 1. The van der Waals surface area contributed by atoms with E-state index in [1.807, 2.05) is 27.7 Å². The lowest BCUT2D eigenvalue weighted by atomic mass is 9.93. The predicted octanol–water partition coefficient (Wildman–Crippen LogP) is 2.98. The van der Waals surface area contributed by atoms with Crippen LogP contribution in [0.25, 0.3) is 0 Å². The highest BCUT2D eigenvalue weighted by atomic mass is 127. The number of nitrogens with zero attached hydrogens (tertiary/aromatic N) is 4. The largest absolute Gasteiger partial charge is 0.444 e. The number of aryl methyl sites for hydroxylation is 1. The van der Waals surface area contributed by atoms with Gasteiger partial charge in [0.05, 0.1) is 5.54 Å². The van der Waals surface area contributed by atoms with Crippen LogP contribution >= 0.6 is 24.0 Å². The van der Waals surface area contributed by atoms with E-state index >= 15 is 0 Å². The molecule has 0 bridgehead atoms. The maximum atomic E-state index is 12.3. The van der Waals surface area contributed by atoms with Crippen molar-refractivity contribution in [1.82, 2.24) is 30.7 Å². The lowest BCUT2D eigenvalue weighted by Crippen LogP contribution is -2.57. The molecule has 0 fully saturated rings. The maximum absolute atomic E-state index is 12.3. The number of alkyl carbamates (subject to hydrolysis) is 1. The van der Waals surface area contributed by atoms with Gasteiger partial charge in [-0.25, -0.2) is 9.79 Å². The Morgan fingerprint density at radius 3 is 2.47 bits per heavy atom. The molecule has 0 saturated heterocycles. The van der Waals surface area contributed by atoms with Gasteiger partial charge in [-0.15, -0.1) is 34.2 Å². The zero-order valence-corrected chi connectivity index (χ0v) is 21.5. The number of hydrogen-bond acceptors (Lipinski definition) is 5. The third-order valence-electron chi connectivity index (χ3n) is 5.12. The van der Waals surface area contributed by atoms with Gasteiger partial charge in [-0.05, 0) is 47.0 Å². The van der Waals surface area contributed by atoms with Gasteiger partial charge in [0.2, 0.25) is 0 Å². The SMILES string of the molecule is CCNC(=NCc1nnc2n1CCC2)NCC(CC)(CC)NC(=O)OC(C)(C)C.I. The Hall–Kier alpha value is -1.59. The van der Waals surface area contributed by atoms with Gasteiger partial charge in [-0.1, -0.05) is 13.8 Å². The van der Waals surface area contributed by atoms with E-state index in [0.29, 0.717) is 19.0 Å². The number of hydrogen-bond donors (Lipinski definition) is 3. The Balaban J connectivity index is 0.00000450. The van der Waals surface area contributed by atoms with Gasteiger partial charge in [-0.2, -0.15) is 0 Å². The van der Waals surface area contributed by atoms with Gasteiger partial charge < -0.3 is 25.3 Å². The zero-order valence-electron chi connectivity index (χ0n) is 19.2. The van der Waals surface area contributed by atoms with Crippen LogP contribution in [0.4, 0.5) is 4.79 Å². The van der Waals surface area contributed by atoms with E-state index in [0.717, 1.165) is 50.4 Å². The Morgan fingerprint density at radius 1 is 1.17 bits per heavy atom. The highest BCUT2D eigenvalue weighted by Gasteiger charge is 2.30. The molecular weight excluding hydrogens is 497 g/mol. The van der Waals surface area contributed by atoms with E-state index in [9.17, 15) is 4.79 Å². The summed E-state index contributed by atoms with van der Waals surface area (Å²) >= 11 is 0. The number of carbonyl (C=O) groups is 1. The second kappa shape index (κ2) is 11.7. The van der Waals surface area contributed by atoms with E-state index in [1.54, 1.807) is 0 Å². The number of rotatable bonds is 8. The van der Waals surface area contributed by atoms with Crippen molar-refractivity contribution in [2.75, 3.05) is 13.1 Å². The molecule has 10 heteroatoms. The second-order valence-electron chi connectivity index (χ2n) is 8.45. The van der Waals surface area contributed by atoms with Crippen molar-refractivity contribution < 1.29 is 9.53 Å². The minimum absolute atomic E-state index is 0. The summed E-state index contributed by atoms with van der Waals surface area (Å²) in [5, 5.41) is 18.2. The van der Waals surface area contributed by atoms with Crippen LogP contribution in [0, 0.1) is 0 Å². The van der Waals surface area contributed by atoms with Crippen molar-refractivity contribution in [1.29, 1.82) is 0 Å². The summed E-state index contributed by atoms with van der Waals surface area (Å²) in [6.07, 6.45) is 3.25. The van der Waals surface area contributed by atoms with Crippen molar-refractivity contribution in [2.45, 2.75) is 91.5 Å². The number of ether oxygens (including phenoxy) is 1. The first kappa shape index (κ1) is 26.4. The first-order valence-corrected chi connectivity index (χ1v) is 10.7. The molecule has 0 aromatic carbocycles. The van der Waals surface area contributed by atoms with Gasteiger partial charge in [0.1, 0.15) is 18.0 Å². The van der Waals surface area contributed by atoms with Crippen molar-refractivity contribution >= 4 is 36.0 Å². The van der Waals surface area contributed by atoms with Gasteiger partial charge in [0.15, 0.2) is 11.8 Å². The summed E-state index contributed by atoms with van der Waals surface area (Å²) in [4.78, 5) is 17.0. The number of carbonyl (C=O) groups excluding carboxylic acids is 1. The first-order chi connectivity index (χ1) is 13.7. The molecule has 1 aromatic rings. The van der Waals surface area contributed by atoms with E-state index < -0.39 is 17.2 Å². The molecule has 1 aromatic heterocycles. The third-order valence-corrected chi connectivity index (χ3v) is 5.12. The fraction of sp³-hybridized carbons (Fsp3) is 0.800. The second-order valence-corrected chi connectivity index (χ2v) is 8.45. The van der Waals surface area contributed by atoms with Gasteiger partial charge in [-0.3, -0.25) is 0 Å². The fourth-order valence-corrected chi connectivity index (χ4v) is 3.31. The lowest BCUT2D eigenvalue weighted by Gasteiger charge is -2.34. The summed E-state index contributed by atoms with van der Waals surface area (Å²) in [7, 11) is 0. The number of aliphatic imine (C=N–C) groups is 1. The van der Waals surface area contributed by atoms with Gasteiger partial charge in [0.25, 0.3) is 0 Å².